The van der Waals surface area contributed by atoms with Gasteiger partial charge in [0.2, 0.25) is 0 Å². The quantitative estimate of drug-likeness (QED) is 0.0222. The molecule has 0 saturated heterocycles. The molecule has 0 aliphatic rings. The number of carbonyl (C=O) groups excluding carboxylic acids is 4. The largest absolute Gasteiger partial charge is 0.472 e. The first-order valence-corrected chi connectivity index (χ1v) is 45.1. The van der Waals surface area contributed by atoms with Crippen LogP contribution in [-0.4, -0.2) is 96.7 Å². The average molecular weight is 1470 g/mol. The summed E-state index contributed by atoms with van der Waals surface area (Å²) >= 11 is 0. The van der Waals surface area contributed by atoms with Crippen molar-refractivity contribution in [2.45, 2.75) is 451 Å². The highest BCUT2D eigenvalue weighted by Crippen LogP contribution is 2.45. The van der Waals surface area contributed by atoms with Crippen LogP contribution < -0.4 is 0 Å². The van der Waals surface area contributed by atoms with E-state index in [1.165, 1.54) is 257 Å². The van der Waals surface area contributed by atoms with Crippen LogP contribution in [0.3, 0.4) is 0 Å². The van der Waals surface area contributed by atoms with Crippen LogP contribution in [-0.2, 0) is 65.4 Å². The Morgan fingerprint density at radius 2 is 0.460 bits per heavy atom. The Balaban J connectivity index is 5.25. The summed E-state index contributed by atoms with van der Waals surface area (Å²) in [4.78, 5) is 73.1. The van der Waals surface area contributed by atoms with Crippen molar-refractivity contribution in [3.05, 3.63) is 0 Å². The molecule has 17 nitrogen and oxygen atoms in total. The van der Waals surface area contributed by atoms with Crippen LogP contribution in [0.1, 0.15) is 433 Å². The Morgan fingerprint density at radius 1 is 0.270 bits per heavy atom. The molecule has 0 aromatic heterocycles. The number of unbranched alkanes of at least 4 members (excludes halogenated alkanes) is 53. The fourth-order valence-corrected chi connectivity index (χ4v) is 14.2. The molecule has 100 heavy (non-hydrogen) atoms. The molecular formula is C81H158O17P2. The second kappa shape index (κ2) is 73.9. The van der Waals surface area contributed by atoms with Crippen LogP contribution in [0.25, 0.3) is 0 Å². The second-order valence-electron chi connectivity index (χ2n) is 29.6. The topological polar surface area (TPSA) is 237 Å². The highest BCUT2D eigenvalue weighted by molar-refractivity contribution is 7.47. The normalized spacial score (nSPS) is 13.8. The summed E-state index contributed by atoms with van der Waals surface area (Å²) in [6, 6.07) is 0. The van der Waals surface area contributed by atoms with E-state index < -0.39 is 97.5 Å². The minimum Gasteiger partial charge on any atom is -0.462 e. The number of ether oxygens (including phenoxy) is 4. The fraction of sp³-hybridized carbons (Fsp3) is 0.951. The van der Waals surface area contributed by atoms with E-state index in [1.807, 2.05) is 0 Å². The maximum atomic E-state index is 13.1. The first-order chi connectivity index (χ1) is 48.5. The van der Waals surface area contributed by atoms with Crippen molar-refractivity contribution in [3.63, 3.8) is 0 Å². The molecule has 2 unspecified atom stereocenters. The highest BCUT2D eigenvalue weighted by atomic mass is 31.2. The molecule has 0 aromatic carbocycles. The average Bonchev–Trinajstić information content (AvgIpc) is 0.921. The summed E-state index contributed by atoms with van der Waals surface area (Å²) in [7, 11) is -9.92. The number of phosphoric ester groups is 2. The molecule has 0 amide bonds. The van der Waals surface area contributed by atoms with Gasteiger partial charge in [-0.05, 0) is 31.6 Å². The Kier molecular flexibility index (Phi) is 72.5. The number of carbonyl (C=O) groups is 4. The standard InChI is InChI=1S/C81H158O17P2/c1-6-9-12-15-18-21-24-27-29-31-33-35-38-41-46-52-57-62-67-81(86)97-76(70-91-78(83)64-59-54-49-44-39-37-34-32-30-28-25-22-19-16-13-10-7-2)72-95-99(87,88)93-68-75(82)69-94-100(89,90)96-73-77(71-92-79(84)65-60-55-50-47-42-43-48-53-58-63-74(4)5)98-80(85)66-61-56-51-45-40-36-26-23-20-17-14-11-8-3/h74-77,82H,6-73H2,1-5H3,(H,87,88)(H,89,90)/t75-,76-,77-/m1/s1. The summed E-state index contributed by atoms with van der Waals surface area (Å²) in [5.74, 6) is -1.36. The van der Waals surface area contributed by atoms with Gasteiger partial charge in [0, 0.05) is 25.7 Å². The van der Waals surface area contributed by atoms with Gasteiger partial charge in [0.1, 0.15) is 19.3 Å². The van der Waals surface area contributed by atoms with E-state index in [4.69, 9.17) is 37.0 Å². The zero-order chi connectivity index (χ0) is 73.4. The lowest BCUT2D eigenvalue weighted by Gasteiger charge is -2.21. The lowest BCUT2D eigenvalue weighted by molar-refractivity contribution is -0.161. The van der Waals surface area contributed by atoms with E-state index in [2.05, 4.69) is 34.6 Å². The van der Waals surface area contributed by atoms with Crippen molar-refractivity contribution in [1.82, 2.24) is 0 Å². The molecular weight excluding hydrogens is 1310 g/mol. The zero-order valence-corrected chi connectivity index (χ0v) is 67.1. The van der Waals surface area contributed by atoms with Gasteiger partial charge in [-0.2, -0.15) is 0 Å². The van der Waals surface area contributed by atoms with Crippen LogP contribution in [0.2, 0.25) is 0 Å². The molecule has 0 aliphatic heterocycles. The molecule has 0 aliphatic carbocycles. The lowest BCUT2D eigenvalue weighted by Crippen LogP contribution is -2.30. The van der Waals surface area contributed by atoms with Gasteiger partial charge in [0.05, 0.1) is 26.4 Å². The molecule has 0 aromatic rings. The Morgan fingerprint density at radius 3 is 0.680 bits per heavy atom. The van der Waals surface area contributed by atoms with E-state index >= 15 is 0 Å². The molecule has 0 spiro atoms. The Bertz CT molecular complexity index is 1910. The van der Waals surface area contributed by atoms with Crippen LogP contribution in [0.5, 0.6) is 0 Å². The van der Waals surface area contributed by atoms with Gasteiger partial charge >= 0.3 is 39.5 Å². The molecule has 0 radical (unpaired) electrons. The van der Waals surface area contributed by atoms with Crippen LogP contribution in [0, 0.1) is 5.92 Å². The maximum Gasteiger partial charge on any atom is 0.472 e. The molecule has 3 N–H and O–H groups in total. The van der Waals surface area contributed by atoms with Crippen molar-refractivity contribution >= 4 is 39.5 Å². The third kappa shape index (κ3) is 74.3. The summed E-state index contributed by atoms with van der Waals surface area (Å²) in [5, 5.41) is 10.6. The fourth-order valence-electron chi connectivity index (χ4n) is 12.6. The predicted octanol–water partition coefficient (Wildman–Crippen LogP) is 24.4. The number of aliphatic hydroxyl groups is 1. The number of phosphoric acid groups is 2. The van der Waals surface area contributed by atoms with Crippen molar-refractivity contribution in [2.75, 3.05) is 39.6 Å². The first kappa shape index (κ1) is 98.1. The van der Waals surface area contributed by atoms with E-state index in [0.717, 1.165) is 95.8 Å². The molecule has 0 rings (SSSR count). The molecule has 19 heteroatoms. The number of hydrogen-bond acceptors (Lipinski definition) is 15. The summed E-state index contributed by atoms with van der Waals surface area (Å²) in [6.45, 7) is 7.32. The molecule has 0 saturated carbocycles. The Hall–Kier alpha value is -1.94. The minimum absolute atomic E-state index is 0.108. The Labute approximate surface area is 613 Å². The lowest BCUT2D eigenvalue weighted by atomic mass is 10.0. The van der Waals surface area contributed by atoms with Crippen molar-refractivity contribution in [3.8, 4) is 0 Å². The number of rotatable bonds is 81. The maximum absolute atomic E-state index is 13.1. The SMILES string of the molecule is CCCCCCCCCCCCCCCCCCCCC(=O)O[C@H](COC(=O)CCCCCCCCCCCCCCCCCCC)COP(=O)(O)OC[C@@H](O)COP(=O)(O)OC[C@@H](COC(=O)CCCCCCCCCCCC(C)C)OC(=O)CCCCCCCCCCCCCCC. The third-order valence-electron chi connectivity index (χ3n) is 19.0. The third-order valence-corrected chi connectivity index (χ3v) is 20.9. The van der Waals surface area contributed by atoms with Gasteiger partial charge in [-0.1, -0.05) is 381 Å². The van der Waals surface area contributed by atoms with Crippen LogP contribution >= 0.6 is 15.6 Å². The predicted molar refractivity (Wildman–Crippen MR) is 409 cm³/mol. The molecule has 0 fully saturated rings. The second-order valence-corrected chi connectivity index (χ2v) is 32.5. The number of aliphatic hydroxyl groups excluding tert-OH is 1. The van der Waals surface area contributed by atoms with Gasteiger partial charge in [0.25, 0.3) is 0 Å². The summed E-state index contributed by atoms with van der Waals surface area (Å²) in [6.07, 6.45) is 65.1. The van der Waals surface area contributed by atoms with Gasteiger partial charge < -0.3 is 33.8 Å². The van der Waals surface area contributed by atoms with Crippen molar-refractivity contribution in [1.29, 1.82) is 0 Å². The smallest absolute Gasteiger partial charge is 0.462 e. The molecule has 5 atom stereocenters. The van der Waals surface area contributed by atoms with E-state index in [1.54, 1.807) is 0 Å². The first-order valence-electron chi connectivity index (χ1n) is 42.1. The van der Waals surface area contributed by atoms with E-state index in [0.29, 0.717) is 25.7 Å². The zero-order valence-electron chi connectivity index (χ0n) is 65.3. The molecule has 594 valence electrons. The number of esters is 4. The van der Waals surface area contributed by atoms with E-state index in [-0.39, 0.29) is 25.7 Å². The minimum atomic E-state index is -4.96. The van der Waals surface area contributed by atoms with Gasteiger partial charge in [-0.15, -0.1) is 0 Å². The number of hydrogen-bond donors (Lipinski definition) is 3. The summed E-state index contributed by atoms with van der Waals surface area (Å²) < 4.78 is 68.7. The van der Waals surface area contributed by atoms with Gasteiger partial charge in [0.15, 0.2) is 12.2 Å². The van der Waals surface area contributed by atoms with Crippen LogP contribution in [0.4, 0.5) is 0 Å². The monoisotopic (exact) mass is 1470 g/mol. The molecule has 0 bridgehead atoms. The highest BCUT2D eigenvalue weighted by Gasteiger charge is 2.30. The molecule has 0 heterocycles. The summed E-state index contributed by atoms with van der Waals surface area (Å²) in [5.41, 5.74) is 0. The van der Waals surface area contributed by atoms with Crippen molar-refractivity contribution < 1.29 is 80.2 Å². The van der Waals surface area contributed by atoms with Gasteiger partial charge in [-0.25, -0.2) is 9.13 Å². The van der Waals surface area contributed by atoms with Crippen molar-refractivity contribution in [2.24, 2.45) is 5.92 Å². The van der Waals surface area contributed by atoms with E-state index in [9.17, 15) is 43.2 Å². The van der Waals surface area contributed by atoms with Gasteiger partial charge in [-0.3, -0.25) is 37.3 Å². The van der Waals surface area contributed by atoms with Crippen LogP contribution in [0.15, 0.2) is 0 Å².